The number of benzene rings is 2. The Kier molecular flexibility index (Phi) is 5.04. The van der Waals surface area contributed by atoms with Crippen molar-refractivity contribution in [2.75, 3.05) is 13.7 Å². The van der Waals surface area contributed by atoms with Crippen LogP contribution in [-0.4, -0.2) is 30.8 Å². The van der Waals surface area contributed by atoms with Gasteiger partial charge in [0.15, 0.2) is 0 Å². The lowest BCUT2D eigenvalue weighted by Gasteiger charge is -2.43. The highest BCUT2D eigenvalue weighted by molar-refractivity contribution is 9.10. The second-order valence-corrected chi connectivity index (χ2v) is 8.38. The van der Waals surface area contributed by atoms with E-state index in [-0.39, 0.29) is 6.04 Å². The van der Waals surface area contributed by atoms with E-state index < -0.39 is 18.8 Å². The van der Waals surface area contributed by atoms with E-state index in [2.05, 4.69) is 28.1 Å². The summed E-state index contributed by atoms with van der Waals surface area (Å²) in [5, 5.41) is 0. The number of nitrogens with zero attached hydrogens (tertiary/aromatic N) is 1. The van der Waals surface area contributed by atoms with Crippen LogP contribution in [0, 0.1) is 0 Å². The van der Waals surface area contributed by atoms with Crippen LogP contribution in [0.5, 0.6) is 5.75 Å². The van der Waals surface area contributed by atoms with Gasteiger partial charge in [0.2, 0.25) is 0 Å². The van der Waals surface area contributed by atoms with E-state index in [1.165, 1.54) is 16.7 Å². The lowest BCUT2D eigenvalue weighted by Crippen LogP contribution is -2.46. The maximum Gasteiger partial charge on any atom is 0.401 e. The number of hydrogen-bond acceptors (Lipinski definition) is 2. The standard InChI is InChI=1S/C22H21BrF3NO/c1-13-9-17-16-6-4-3-5-14(16)10-18(17)21(27(13)12-22(24,25)26)19-11-15(23)7-8-20(19)28-2/h3-8,11,13,21H,9-10,12H2,1-2H3/t13-,21+/m1/s1. The zero-order valence-corrected chi connectivity index (χ0v) is 17.3. The van der Waals surface area contributed by atoms with Crippen LogP contribution in [0.2, 0.25) is 0 Å². The second-order valence-electron chi connectivity index (χ2n) is 7.47. The van der Waals surface area contributed by atoms with Gasteiger partial charge in [-0.3, -0.25) is 4.90 Å². The minimum atomic E-state index is -4.27. The largest absolute Gasteiger partial charge is 0.496 e. The van der Waals surface area contributed by atoms with Gasteiger partial charge in [-0.2, -0.15) is 13.2 Å². The molecule has 0 aromatic heterocycles. The Balaban J connectivity index is 1.89. The summed E-state index contributed by atoms with van der Waals surface area (Å²) >= 11 is 3.48. The molecule has 2 aliphatic rings. The fraction of sp³-hybridized carbons (Fsp3) is 0.364. The van der Waals surface area contributed by atoms with Gasteiger partial charge in [-0.25, -0.2) is 0 Å². The summed E-state index contributed by atoms with van der Waals surface area (Å²) in [5.74, 6) is 0.609. The van der Waals surface area contributed by atoms with Gasteiger partial charge in [-0.05, 0) is 60.2 Å². The maximum absolute atomic E-state index is 13.5. The molecule has 0 N–H and O–H groups in total. The van der Waals surface area contributed by atoms with Gasteiger partial charge in [0.25, 0.3) is 0 Å². The first kappa shape index (κ1) is 19.5. The molecule has 28 heavy (non-hydrogen) atoms. The van der Waals surface area contributed by atoms with Gasteiger partial charge in [0, 0.05) is 16.1 Å². The van der Waals surface area contributed by atoms with Crippen molar-refractivity contribution in [2.24, 2.45) is 0 Å². The maximum atomic E-state index is 13.5. The molecule has 6 heteroatoms. The third kappa shape index (κ3) is 3.48. The van der Waals surface area contributed by atoms with E-state index in [0.29, 0.717) is 18.6 Å². The fourth-order valence-electron chi connectivity index (χ4n) is 4.56. The monoisotopic (exact) mass is 451 g/mol. The van der Waals surface area contributed by atoms with E-state index in [9.17, 15) is 13.2 Å². The van der Waals surface area contributed by atoms with Crippen LogP contribution in [0.1, 0.15) is 36.1 Å². The van der Waals surface area contributed by atoms with Crippen LogP contribution in [0.3, 0.4) is 0 Å². The molecule has 2 atom stereocenters. The molecule has 0 spiro atoms. The smallest absolute Gasteiger partial charge is 0.401 e. The average molecular weight is 452 g/mol. The Morgan fingerprint density at radius 3 is 2.64 bits per heavy atom. The Morgan fingerprint density at radius 1 is 1.18 bits per heavy atom. The molecule has 2 aromatic rings. The van der Waals surface area contributed by atoms with Crippen LogP contribution in [0.15, 0.2) is 52.5 Å². The van der Waals surface area contributed by atoms with Crippen molar-refractivity contribution in [3.05, 3.63) is 69.2 Å². The molecule has 0 saturated heterocycles. The van der Waals surface area contributed by atoms with Crippen molar-refractivity contribution in [3.63, 3.8) is 0 Å². The zero-order valence-electron chi connectivity index (χ0n) is 15.7. The van der Waals surface area contributed by atoms with Crippen molar-refractivity contribution in [3.8, 4) is 5.75 Å². The third-order valence-electron chi connectivity index (χ3n) is 5.69. The van der Waals surface area contributed by atoms with Crippen molar-refractivity contribution in [1.29, 1.82) is 0 Å². The summed E-state index contributed by atoms with van der Waals surface area (Å²) in [5.41, 5.74) is 5.38. The van der Waals surface area contributed by atoms with E-state index >= 15 is 0 Å². The Morgan fingerprint density at radius 2 is 1.93 bits per heavy atom. The van der Waals surface area contributed by atoms with Crippen molar-refractivity contribution in [2.45, 2.75) is 38.0 Å². The summed E-state index contributed by atoms with van der Waals surface area (Å²) < 4.78 is 46.8. The molecule has 0 bridgehead atoms. The topological polar surface area (TPSA) is 12.5 Å². The summed E-state index contributed by atoms with van der Waals surface area (Å²) in [6, 6.07) is 13.0. The number of alkyl halides is 3. The second kappa shape index (κ2) is 7.23. The quantitative estimate of drug-likeness (QED) is 0.553. The molecule has 0 unspecified atom stereocenters. The first-order chi connectivity index (χ1) is 13.3. The molecule has 0 radical (unpaired) electrons. The molecular weight excluding hydrogens is 431 g/mol. The van der Waals surface area contributed by atoms with Crippen molar-refractivity contribution < 1.29 is 17.9 Å². The van der Waals surface area contributed by atoms with Gasteiger partial charge >= 0.3 is 6.18 Å². The lowest BCUT2D eigenvalue weighted by molar-refractivity contribution is -0.155. The van der Waals surface area contributed by atoms with Crippen LogP contribution in [0.25, 0.3) is 5.57 Å². The minimum Gasteiger partial charge on any atom is -0.496 e. The number of fused-ring (bicyclic) bond motifs is 2. The average Bonchev–Trinajstić information content (AvgIpc) is 2.99. The van der Waals surface area contributed by atoms with Gasteiger partial charge in [0.1, 0.15) is 5.75 Å². The van der Waals surface area contributed by atoms with Crippen LogP contribution >= 0.6 is 15.9 Å². The number of methoxy groups -OCH3 is 1. The highest BCUT2D eigenvalue weighted by Crippen LogP contribution is 2.51. The van der Waals surface area contributed by atoms with E-state index in [1.54, 1.807) is 12.0 Å². The number of ether oxygens (including phenoxy) is 1. The van der Waals surface area contributed by atoms with E-state index in [0.717, 1.165) is 15.6 Å². The molecule has 1 aliphatic heterocycles. The molecule has 0 saturated carbocycles. The van der Waals surface area contributed by atoms with Crippen LogP contribution in [0.4, 0.5) is 13.2 Å². The van der Waals surface area contributed by atoms with E-state index in [4.69, 9.17) is 4.74 Å². The molecule has 0 amide bonds. The van der Waals surface area contributed by atoms with Gasteiger partial charge in [-0.1, -0.05) is 40.2 Å². The number of halogens is 4. The SMILES string of the molecule is COc1ccc(Br)cc1[C@@H]1C2=C(C[C@@H](C)N1CC(F)(F)F)c1ccccc1C2. The number of hydrogen-bond donors (Lipinski definition) is 0. The predicted octanol–water partition coefficient (Wildman–Crippen LogP) is 6.17. The fourth-order valence-corrected chi connectivity index (χ4v) is 4.94. The molecule has 2 nitrogen and oxygen atoms in total. The first-order valence-electron chi connectivity index (χ1n) is 9.24. The van der Waals surface area contributed by atoms with Gasteiger partial charge in [0.05, 0.1) is 19.7 Å². The summed E-state index contributed by atoms with van der Waals surface area (Å²) in [4.78, 5) is 1.58. The highest BCUT2D eigenvalue weighted by Gasteiger charge is 2.44. The van der Waals surface area contributed by atoms with Gasteiger partial charge in [-0.15, -0.1) is 0 Å². The highest BCUT2D eigenvalue weighted by atomic mass is 79.9. The Bertz CT molecular complexity index is 938. The molecular formula is C22H21BrF3NO. The Hall–Kier alpha value is -1.79. The van der Waals surface area contributed by atoms with Gasteiger partial charge < -0.3 is 4.74 Å². The first-order valence-corrected chi connectivity index (χ1v) is 10.0. The molecule has 1 aliphatic carbocycles. The summed E-state index contributed by atoms with van der Waals surface area (Å²) in [7, 11) is 1.56. The molecule has 148 valence electrons. The van der Waals surface area contributed by atoms with Crippen molar-refractivity contribution >= 4 is 21.5 Å². The van der Waals surface area contributed by atoms with Crippen LogP contribution < -0.4 is 4.74 Å². The molecule has 4 rings (SSSR count). The zero-order chi connectivity index (χ0) is 20.1. The predicted molar refractivity (Wildman–Crippen MR) is 107 cm³/mol. The third-order valence-corrected chi connectivity index (χ3v) is 6.18. The Labute approximate surface area is 171 Å². The molecule has 1 heterocycles. The summed E-state index contributed by atoms with van der Waals surface area (Å²) in [6.07, 6.45) is -2.97. The normalized spacial score (nSPS) is 22.2. The molecule has 2 aromatic carbocycles. The minimum absolute atomic E-state index is 0.236. The van der Waals surface area contributed by atoms with Crippen molar-refractivity contribution in [1.82, 2.24) is 4.90 Å². The lowest BCUT2D eigenvalue weighted by atomic mass is 9.85. The molecule has 0 fully saturated rings. The van der Waals surface area contributed by atoms with E-state index in [1.807, 2.05) is 37.3 Å². The number of rotatable bonds is 3. The summed E-state index contributed by atoms with van der Waals surface area (Å²) in [6.45, 7) is 0.940. The van der Waals surface area contributed by atoms with Crippen LogP contribution in [-0.2, 0) is 6.42 Å².